The highest BCUT2D eigenvalue weighted by Gasteiger charge is 2.19. The fraction of sp³-hybridized carbons (Fsp3) is 0.444. The molecule has 3 rings (SSSR count). The van der Waals surface area contributed by atoms with Gasteiger partial charge in [0.2, 0.25) is 0 Å². The van der Waals surface area contributed by atoms with Gasteiger partial charge in [0, 0.05) is 27.8 Å². The van der Waals surface area contributed by atoms with Crippen molar-refractivity contribution < 1.29 is 0 Å². The fourth-order valence-electron chi connectivity index (χ4n) is 3.15. The van der Waals surface area contributed by atoms with Crippen molar-refractivity contribution in [2.75, 3.05) is 0 Å². The van der Waals surface area contributed by atoms with Gasteiger partial charge in [-0.15, -0.1) is 0 Å². The summed E-state index contributed by atoms with van der Waals surface area (Å²) in [5, 5.41) is 0. The Bertz CT molecular complexity index is 732. The van der Waals surface area contributed by atoms with Crippen LogP contribution in [0.3, 0.4) is 0 Å². The van der Waals surface area contributed by atoms with Crippen molar-refractivity contribution in [3.63, 3.8) is 0 Å². The van der Waals surface area contributed by atoms with Crippen LogP contribution in [0, 0.1) is 10.6 Å². The predicted molar refractivity (Wildman–Crippen MR) is 97.7 cm³/mol. The van der Waals surface area contributed by atoms with E-state index in [9.17, 15) is 0 Å². The largest absolute Gasteiger partial charge is 0.329 e. The smallest absolute Gasteiger partial charge is 0.141 e. The lowest BCUT2D eigenvalue weighted by Crippen LogP contribution is -2.20. The molecule has 1 heterocycles. The Balaban J connectivity index is 2.21. The molecule has 1 aliphatic carbocycles. The van der Waals surface area contributed by atoms with Crippen LogP contribution in [0.2, 0.25) is 0 Å². The lowest BCUT2D eigenvalue weighted by atomic mass is 9.96. The number of aromatic nitrogens is 2. The zero-order valence-corrected chi connectivity index (χ0v) is 15.5. The molecule has 116 valence electrons. The molecule has 0 bridgehead atoms. The Morgan fingerprint density at radius 1 is 1.18 bits per heavy atom. The first-order chi connectivity index (χ1) is 10.6. The van der Waals surface area contributed by atoms with Crippen LogP contribution in [0.25, 0.3) is 11.4 Å². The molecule has 0 saturated carbocycles. The van der Waals surface area contributed by atoms with E-state index < -0.39 is 0 Å². The number of fused-ring (bicyclic) bond motifs is 1. The molecule has 0 aliphatic heterocycles. The molecular weight excluding hydrogens is 356 g/mol. The number of rotatable bonds is 3. The summed E-state index contributed by atoms with van der Waals surface area (Å²) < 4.78 is 4.30. The van der Waals surface area contributed by atoms with E-state index in [-0.39, 0.29) is 0 Å². The van der Waals surface area contributed by atoms with Crippen LogP contribution in [0.15, 0.2) is 28.7 Å². The molecule has 0 spiro atoms. The first-order valence-electron chi connectivity index (χ1n) is 7.95. The minimum atomic E-state index is 0.586. The topological polar surface area (TPSA) is 17.8 Å². The molecule has 0 fully saturated rings. The number of hydrogen-bond donors (Lipinski definition) is 0. The highest BCUT2D eigenvalue weighted by Crippen LogP contribution is 2.28. The van der Waals surface area contributed by atoms with Gasteiger partial charge >= 0.3 is 0 Å². The second-order valence-corrected chi connectivity index (χ2v) is 7.69. The van der Waals surface area contributed by atoms with Crippen LogP contribution >= 0.6 is 28.1 Å². The average molecular weight is 377 g/mol. The van der Waals surface area contributed by atoms with Crippen LogP contribution in [0.5, 0.6) is 0 Å². The fourth-order valence-corrected chi connectivity index (χ4v) is 3.72. The minimum Gasteiger partial charge on any atom is -0.329 e. The summed E-state index contributed by atoms with van der Waals surface area (Å²) >= 11 is 9.10. The van der Waals surface area contributed by atoms with Crippen molar-refractivity contribution in [3.8, 4) is 11.4 Å². The maximum Gasteiger partial charge on any atom is 0.141 e. The quantitative estimate of drug-likeness (QED) is 0.650. The predicted octanol–water partition coefficient (Wildman–Crippen LogP) is 5.58. The summed E-state index contributed by atoms with van der Waals surface area (Å²) in [7, 11) is 0. The van der Waals surface area contributed by atoms with Crippen LogP contribution in [0.1, 0.15) is 37.9 Å². The summed E-state index contributed by atoms with van der Waals surface area (Å²) in [6, 6.07) is 8.37. The van der Waals surface area contributed by atoms with Crippen LogP contribution < -0.4 is 0 Å². The molecule has 22 heavy (non-hydrogen) atoms. The van der Waals surface area contributed by atoms with Gasteiger partial charge in [0.1, 0.15) is 10.5 Å². The van der Waals surface area contributed by atoms with Crippen LogP contribution in [-0.2, 0) is 19.4 Å². The maximum atomic E-state index is 5.59. The highest BCUT2D eigenvalue weighted by atomic mass is 79.9. The summed E-state index contributed by atoms with van der Waals surface area (Å²) in [5.41, 5.74) is 3.86. The van der Waals surface area contributed by atoms with E-state index in [2.05, 4.69) is 58.6 Å². The highest BCUT2D eigenvalue weighted by molar-refractivity contribution is 9.10. The van der Waals surface area contributed by atoms with Crippen molar-refractivity contribution in [2.45, 2.75) is 46.1 Å². The number of benzene rings is 1. The molecule has 2 aromatic rings. The molecule has 4 heteroatoms. The Labute approximate surface area is 145 Å². The third-order valence-electron chi connectivity index (χ3n) is 4.14. The van der Waals surface area contributed by atoms with Gasteiger partial charge in [-0.25, -0.2) is 4.98 Å². The van der Waals surface area contributed by atoms with E-state index in [1.807, 2.05) is 0 Å². The SMILES string of the molecule is CC(C)Cn1c(-c2ccc(Br)cc2)nc(=S)c2c1CCCC2. The number of hydrogen-bond acceptors (Lipinski definition) is 2. The van der Waals surface area contributed by atoms with Gasteiger partial charge in [-0.1, -0.05) is 54.1 Å². The van der Waals surface area contributed by atoms with Crippen LogP contribution in [-0.4, -0.2) is 9.55 Å². The van der Waals surface area contributed by atoms with Gasteiger partial charge in [-0.2, -0.15) is 0 Å². The Morgan fingerprint density at radius 3 is 2.55 bits per heavy atom. The standard InChI is InChI=1S/C18H21BrN2S/c1-12(2)11-21-16-6-4-3-5-15(16)18(22)20-17(21)13-7-9-14(19)10-8-13/h7-10,12H,3-6,11H2,1-2H3. The van der Waals surface area contributed by atoms with Gasteiger partial charge in [-0.3, -0.25) is 0 Å². The first-order valence-corrected chi connectivity index (χ1v) is 9.15. The van der Waals surface area contributed by atoms with E-state index in [0.717, 1.165) is 39.9 Å². The van der Waals surface area contributed by atoms with Gasteiger partial charge in [0.15, 0.2) is 0 Å². The monoisotopic (exact) mass is 376 g/mol. The molecule has 0 atom stereocenters. The lowest BCUT2D eigenvalue weighted by Gasteiger charge is -2.25. The van der Waals surface area contributed by atoms with E-state index >= 15 is 0 Å². The Morgan fingerprint density at radius 2 is 1.86 bits per heavy atom. The van der Waals surface area contributed by atoms with Crippen molar-refractivity contribution in [1.29, 1.82) is 0 Å². The van der Waals surface area contributed by atoms with Crippen LogP contribution in [0.4, 0.5) is 0 Å². The van der Waals surface area contributed by atoms with E-state index in [1.165, 1.54) is 24.1 Å². The normalized spacial score (nSPS) is 14.2. The van der Waals surface area contributed by atoms with Crippen molar-refractivity contribution in [3.05, 3.63) is 44.6 Å². The van der Waals surface area contributed by atoms with E-state index in [4.69, 9.17) is 17.2 Å². The molecule has 0 saturated heterocycles. The summed E-state index contributed by atoms with van der Waals surface area (Å²) in [6.45, 7) is 5.51. The average Bonchev–Trinajstić information content (AvgIpc) is 2.51. The summed E-state index contributed by atoms with van der Waals surface area (Å²) in [4.78, 5) is 4.80. The van der Waals surface area contributed by atoms with Crippen molar-refractivity contribution in [1.82, 2.24) is 9.55 Å². The van der Waals surface area contributed by atoms with Gasteiger partial charge in [0.25, 0.3) is 0 Å². The van der Waals surface area contributed by atoms with E-state index in [0.29, 0.717) is 5.92 Å². The van der Waals surface area contributed by atoms with Gasteiger partial charge in [-0.05, 0) is 43.7 Å². The second kappa shape index (κ2) is 6.63. The molecule has 1 aromatic carbocycles. The molecule has 1 aromatic heterocycles. The van der Waals surface area contributed by atoms with Crippen molar-refractivity contribution in [2.24, 2.45) is 5.92 Å². The molecule has 0 radical (unpaired) electrons. The maximum absolute atomic E-state index is 5.59. The zero-order chi connectivity index (χ0) is 15.7. The zero-order valence-electron chi connectivity index (χ0n) is 13.1. The third-order valence-corrected chi connectivity index (χ3v) is 5.00. The molecule has 0 N–H and O–H groups in total. The number of nitrogens with zero attached hydrogens (tertiary/aromatic N) is 2. The minimum absolute atomic E-state index is 0.586. The first kappa shape index (κ1) is 15.9. The third kappa shape index (κ3) is 3.18. The Hall–Kier alpha value is -1.00. The number of halogens is 1. The molecule has 0 unspecified atom stereocenters. The van der Waals surface area contributed by atoms with Gasteiger partial charge in [0.05, 0.1) is 0 Å². The summed E-state index contributed by atoms with van der Waals surface area (Å²) in [5.74, 6) is 1.61. The summed E-state index contributed by atoms with van der Waals surface area (Å²) in [6.07, 6.45) is 4.69. The lowest BCUT2D eigenvalue weighted by molar-refractivity contribution is 0.487. The molecule has 0 amide bonds. The molecular formula is C18H21BrN2S. The van der Waals surface area contributed by atoms with Crippen molar-refractivity contribution >= 4 is 28.1 Å². The molecule has 2 nitrogen and oxygen atoms in total. The Kier molecular flexibility index (Phi) is 4.79. The molecule has 1 aliphatic rings. The van der Waals surface area contributed by atoms with Gasteiger partial charge < -0.3 is 4.57 Å². The van der Waals surface area contributed by atoms with E-state index in [1.54, 1.807) is 0 Å². The second-order valence-electron chi connectivity index (χ2n) is 6.38.